The standard InChI is InChI=1S/C29H29FN6O3/c1-29(16-39-17-29)28(38)35-11-2-3-20(15-35)27-34-24(25-26(31)32-10-12-36(25)27)19-6-4-18(5-7-19)23(37)13-22-9-8-21(30)14-33-22/h4-10,12,14,20H,2-3,11,13,15-17H2,1H3,(H2,31,32)/t20-/m1/s1. The molecule has 200 valence electrons. The average molecular weight is 529 g/mol. The van der Waals surface area contributed by atoms with Crippen molar-refractivity contribution in [1.82, 2.24) is 24.3 Å². The molecule has 3 aromatic heterocycles. The number of nitrogens with two attached hydrogens (primary N) is 1. The number of carbonyl (C=O) groups is 2. The molecule has 6 rings (SSSR count). The van der Waals surface area contributed by atoms with Gasteiger partial charge in [-0.2, -0.15) is 0 Å². The number of likely N-dealkylation sites (tertiary alicyclic amines) is 1. The van der Waals surface area contributed by atoms with Crippen LogP contribution in [0.2, 0.25) is 0 Å². The maximum Gasteiger partial charge on any atom is 0.233 e. The first-order valence-corrected chi connectivity index (χ1v) is 13.1. The number of imidazole rings is 1. The molecule has 10 heteroatoms. The van der Waals surface area contributed by atoms with E-state index in [1.54, 1.807) is 18.3 Å². The molecular formula is C29H29FN6O3. The van der Waals surface area contributed by atoms with Gasteiger partial charge in [0.1, 0.15) is 28.7 Å². The quantitative estimate of drug-likeness (QED) is 0.380. The molecule has 0 aliphatic carbocycles. The Hall–Kier alpha value is -4.18. The normalized spacial score (nSPS) is 18.6. The van der Waals surface area contributed by atoms with E-state index < -0.39 is 11.2 Å². The summed E-state index contributed by atoms with van der Waals surface area (Å²) in [5.74, 6) is 0.817. The van der Waals surface area contributed by atoms with Crippen molar-refractivity contribution in [3.8, 4) is 11.3 Å². The molecule has 4 aromatic rings. The molecule has 0 bridgehead atoms. The monoisotopic (exact) mass is 528 g/mol. The number of ketones is 1. The Morgan fingerprint density at radius 2 is 1.95 bits per heavy atom. The Balaban J connectivity index is 1.28. The third-order valence-corrected chi connectivity index (χ3v) is 7.65. The summed E-state index contributed by atoms with van der Waals surface area (Å²) < 4.78 is 20.4. The molecule has 2 aliphatic heterocycles. The summed E-state index contributed by atoms with van der Waals surface area (Å²) in [6.07, 6.45) is 6.49. The van der Waals surface area contributed by atoms with Crippen molar-refractivity contribution in [3.05, 3.63) is 77.9 Å². The summed E-state index contributed by atoms with van der Waals surface area (Å²) in [5, 5.41) is 0. The Kier molecular flexibility index (Phi) is 6.34. The molecule has 0 radical (unpaired) electrons. The summed E-state index contributed by atoms with van der Waals surface area (Å²) in [6, 6.07) is 10.00. The molecule has 39 heavy (non-hydrogen) atoms. The summed E-state index contributed by atoms with van der Waals surface area (Å²) in [4.78, 5) is 41.2. The van der Waals surface area contributed by atoms with E-state index in [4.69, 9.17) is 15.5 Å². The second-order valence-corrected chi connectivity index (χ2v) is 10.6. The molecule has 0 unspecified atom stereocenters. The largest absolute Gasteiger partial charge is 0.382 e. The van der Waals surface area contributed by atoms with Crippen molar-refractivity contribution >= 4 is 23.0 Å². The number of Topliss-reactive ketones (excluding diaryl/α,β-unsaturated/α-hetero) is 1. The maximum atomic E-state index is 13.2. The number of nitrogen functional groups attached to an aromatic ring is 1. The van der Waals surface area contributed by atoms with Crippen LogP contribution in [-0.4, -0.2) is 62.2 Å². The number of amides is 1. The van der Waals surface area contributed by atoms with Crippen molar-refractivity contribution in [3.63, 3.8) is 0 Å². The van der Waals surface area contributed by atoms with E-state index in [9.17, 15) is 14.0 Å². The SMILES string of the molecule is CC1(C(=O)N2CCC[C@@H](c3nc(-c4ccc(C(=O)Cc5ccc(F)cn5)cc4)c4c(N)nccn34)C2)COC1. The molecule has 1 aromatic carbocycles. The summed E-state index contributed by atoms with van der Waals surface area (Å²) in [5.41, 5.74) is 9.10. The topological polar surface area (TPSA) is 116 Å². The van der Waals surface area contributed by atoms with Gasteiger partial charge in [-0.3, -0.25) is 19.0 Å². The Morgan fingerprint density at radius 1 is 1.15 bits per heavy atom. The van der Waals surface area contributed by atoms with E-state index in [-0.39, 0.29) is 24.0 Å². The number of anilines is 1. The minimum absolute atomic E-state index is 0.0411. The number of aromatic nitrogens is 4. The van der Waals surface area contributed by atoms with Gasteiger partial charge in [0.2, 0.25) is 5.91 Å². The van der Waals surface area contributed by atoms with Gasteiger partial charge >= 0.3 is 0 Å². The number of fused-ring (bicyclic) bond motifs is 1. The van der Waals surface area contributed by atoms with Crippen LogP contribution in [0.1, 0.15) is 47.6 Å². The Morgan fingerprint density at radius 3 is 2.64 bits per heavy atom. The van der Waals surface area contributed by atoms with Crippen LogP contribution < -0.4 is 5.73 Å². The molecule has 0 spiro atoms. The van der Waals surface area contributed by atoms with Crippen LogP contribution in [0.5, 0.6) is 0 Å². The highest BCUT2D eigenvalue weighted by Crippen LogP contribution is 2.36. The molecular weight excluding hydrogens is 499 g/mol. The zero-order valence-electron chi connectivity index (χ0n) is 21.6. The van der Waals surface area contributed by atoms with Crippen molar-refractivity contribution in [2.45, 2.75) is 32.1 Å². The van der Waals surface area contributed by atoms with Gasteiger partial charge in [-0.05, 0) is 31.9 Å². The van der Waals surface area contributed by atoms with Crippen LogP contribution in [-0.2, 0) is 16.0 Å². The van der Waals surface area contributed by atoms with Crippen molar-refractivity contribution in [1.29, 1.82) is 0 Å². The molecule has 1 amide bonds. The smallest absolute Gasteiger partial charge is 0.233 e. The third kappa shape index (κ3) is 4.65. The molecule has 0 saturated carbocycles. The number of ether oxygens (including phenoxy) is 1. The average Bonchev–Trinajstić information content (AvgIpc) is 3.34. The number of carbonyl (C=O) groups excluding carboxylic acids is 2. The minimum Gasteiger partial charge on any atom is -0.382 e. The second kappa shape index (κ2) is 9.85. The lowest BCUT2D eigenvalue weighted by Crippen LogP contribution is -2.55. The summed E-state index contributed by atoms with van der Waals surface area (Å²) in [6.45, 7) is 4.20. The predicted molar refractivity (Wildman–Crippen MR) is 143 cm³/mol. The van der Waals surface area contributed by atoms with Crippen LogP contribution in [0.4, 0.5) is 10.2 Å². The number of hydrogen-bond donors (Lipinski definition) is 1. The fourth-order valence-corrected chi connectivity index (χ4v) is 5.45. The van der Waals surface area contributed by atoms with Crippen LogP contribution in [0.15, 0.2) is 55.0 Å². The van der Waals surface area contributed by atoms with Gasteiger partial charge in [-0.1, -0.05) is 24.3 Å². The molecule has 9 nitrogen and oxygen atoms in total. The number of benzene rings is 1. The van der Waals surface area contributed by atoms with E-state index >= 15 is 0 Å². The van der Waals surface area contributed by atoms with Gasteiger partial charge in [0.15, 0.2) is 5.78 Å². The lowest BCUT2D eigenvalue weighted by atomic mass is 9.85. The first-order valence-electron chi connectivity index (χ1n) is 13.1. The Bertz CT molecular complexity index is 1550. The van der Waals surface area contributed by atoms with E-state index in [1.807, 2.05) is 34.6 Å². The van der Waals surface area contributed by atoms with Crippen LogP contribution in [0.3, 0.4) is 0 Å². The van der Waals surface area contributed by atoms with Crippen LogP contribution in [0.25, 0.3) is 16.8 Å². The summed E-state index contributed by atoms with van der Waals surface area (Å²) >= 11 is 0. The number of rotatable bonds is 6. The first-order chi connectivity index (χ1) is 18.8. The highest BCUT2D eigenvalue weighted by atomic mass is 19.1. The zero-order chi connectivity index (χ0) is 27.1. The van der Waals surface area contributed by atoms with Gasteiger partial charge in [0, 0.05) is 48.2 Å². The number of pyridine rings is 1. The fraction of sp³-hybridized carbons (Fsp3) is 0.345. The minimum atomic E-state index is -0.442. The number of nitrogens with zero attached hydrogens (tertiary/aromatic N) is 5. The van der Waals surface area contributed by atoms with Gasteiger partial charge in [0.25, 0.3) is 0 Å². The maximum absolute atomic E-state index is 13.2. The Labute approximate surface area is 224 Å². The lowest BCUT2D eigenvalue weighted by Gasteiger charge is -2.42. The van der Waals surface area contributed by atoms with Crippen molar-refractivity contribution in [2.75, 3.05) is 32.0 Å². The zero-order valence-corrected chi connectivity index (χ0v) is 21.6. The fourth-order valence-electron chi connectivity index (χ4n) is 5.45. The van der Waals surface area contributed by atoms with Gasteiger partial charge in [-0.25, -0.2) is 14.4 Å². The van der Waals surface area contributed by atoms with E-state index in [1.165, 1.54) is 12.1 Å². The number of halogens is 1. The van der Waals surface area contributed by atoms with Gasteiger partial charge in [0.05, 0.1) is 31.2 Å². The van der Waals surface area contributed by atoms with Crippen molar-refractivity contribution in [2.24, 2.45) is 5.41 Å². The van der Waals surface area contributed by atoms with Gasteiger partial charge in [-0.15, -0.1) is 0 Å². The van der Waals surface area contributed by atoms with Crippen molar-refractivity contribution < 1.29 is 18.7 Å². The van der Waals surface area contributed by atoms with E-state index in [0.717, 1.165) is 37.0 Å². The molecule has 2 saturated heterocycles. The summed E-state index contributed by atoms with van der Waals surface area (Å²) in [7, 11) is 0. The molecule has 2 N–H and O–H groups in total. The highest BCUT2D eigenvalue weighted by Gasteiger charge is 2.44. The van der Waals surface area contributed by atoms with Crippen LogP contribution in [0, 0.1) is 11.2 Å². The lowest BCUT2D eigenvalue weighted by molar-refractivity contribution is -0.169. The first kappa shape index (κ1) is 25.1. The molecule has 1 atom stereocenters. The third-order valence-electron chi connectivity index (χ3n) is 7.65. The number of hydrogen-bond acceptors (Lipinski definition) is 7. The second-order valence-electron chi connectivity index (χ2n) is 10.6. The molecule has 2 fully saturated rings. The number of piperidine rings is 1. The van der Waals surface area contributed by atoms with E-state index in [2.05, 4.69) is 9.97 Å². The highest BCUT2D eigenvalue weighted by molar-refractivity contribution is 5.98. The predicted octanol–water partition coefficient (Wildman–Crippen LogP) is 3.68. The molecule has 2 aliphatic rings. The van der Waals surface area contributed by atoms with E-state index in [0.29, 0.717) is 48.0 Å². The van der Waals surface area contributed by atoms with Crippen LogP contribution >= 0.6 is 0 Å². The van der Waals surface area contributed by atoms with Gasteiger partial charge < -0.3 is 15.4 Å². The molecule has 5 heterocycles.